The molecule has 1 heterocycles. The zero-order valence-electron chi connectivity index (χ0n) is 11.8. The predicted molar refractivity (Wildman–Crippen MR) is 81.3 cm³/mol. The summed E-state index contributed by atoms with van der Waals surface area (Å²) in [6, 6.07) is 3.72. The van der Waals surface area contributed by atoms with Gasteiger partial charge in [0.15, 0.2) is 0 Å². The van der Waals surface area contributed by atoms with Crippen molar-refractivity contribution in [2.75, 3.05) is 0 Å². The zero-order chi connectivity index (χ0) is 13.8. The molecule has 1 aromatic heterocycles. The second-order valence-corrected chi connectivity index (χ2v) is 4.82. The van der Waals surface area contributed by atoms with Crippen molar-refractivity contribution in [1.82, 2.24) is 4.57 Å². The van der Waals surface area contributed by atoms with Crippen LogP contribution in [0.1, 0.15) is 56.2 Å². The molecule has 1 aromatic rings. The maximum absolute atomic E-state index is 11.6. The molecule has 1 rings (SSSR count). The molecule has 2 heteroatoms. The fourth-order valence-corrected chi connectivity index (χ4v) is 2.01. The van der Waals surface area contributed by atoms with E-state index in [1.165, 1.54) is 38.5 Å². The molecule has 0 aliphatic heterocycles. The first-order valence-corrected chi connectivity index (χ1v) is 7.29. The molecule has 0 aliphatic carbocycles. The maximum Gasteiger partial charge on any atom is 0.254 e. The predicted octanol–water partition coefficient (Wildman–Crippen LogP) is 4.99. The molecule has 0 spiro atoms. The van der Waals surface area contributed by atoms with Crippen LogP contribution in [-0.2, 0) is 0 Å². The van der Waals surface area contributed by atoms with Gasteiger partial charge in [-0.1, -0.05) is 37.8 Å². The molecule has 0 aromatic carbocycles. The third-order valence-electron chi connectivity index (χ3n) is 3.15. The Labute approximate surface area is 116 Å². The van der Waals surface area contributed by atoms with E-state index in [0.29, 0.717) is 0 Å². The van der Waals surface area contributed by atoms with Crippen LogP contribution in [0.25, 0.3) is 0 Å². The molecule has 0 radical (unpaired) electrons. The Bertz CT molecular complexity index is 376. The minimum absolute atomic E-state index is 0.0365. The topological polar surface area (TPSA) is 22.0 Å². The third kappa shape index (κ3) is 7.45. The van der Waals surface area contributed by atoms with Crippen LogP contribution in [0.5, 0.6) is 0 Å². The fourth-order valence-electron chi connectivity index (χ4n) is 2.01. The number of carbonyl (C=O) groups is 1. The minimum atomic E-state index is 0.0365. The summed E-state index contributed by atoms with van der Waals surface area (Å²) in [4.78, 5) is 11.6. The molecule has 104 valence electrons. The summed E-state index contributed by atoms with van der Waals surface area (Å²) >= 11 is 0. The van der Waals surface area contributed by atoms with Crippen molar-refractivity contribution in [2.24, 2.45) is 0 Å². The summed E-state index contributed by atoms with van der Waals surface area (Å²) in [5, 5.41) is 0. The lowest BCUT2D eigenvalue weighted by atomic mass is 10.1. The van der Waals surface area contributed by atoms with Gasteiger partial charge >= 0.3 is 0 Å². The van der Waals surface area contributed by atoms with Gasteiger partial charge < -0.3 is 0 Å². The van der Waals surface area contributed by atoms with Gasteiger partial charge in [-0.3, -0.25) is 9.36 Å². The van der Waals surface area contributed by atoms with Crippen LogP contribution >= 0.6 is 0 Å². The highest BCUT2D eigenvalue weighted by Gasteiger charge is 1.96. The largest absolute Gasteiger partial charge is 0.291 e. The van der Waals surface area contributed by atoms with Crippen molar-refractivity contribution in [3.8, 4) is 0 Å². The lowest BCUT2D eigenvalue weighted by Gasteiger charge is -1.99. The normalized spacial score (nSPS) is 10.9. The van der Waals surface area contributed by atoms with E-state index >= 15 is 0 Å². The second-order valence-electron chi connectivity index (χ2n) is 4.82. The highest BCUT2D eigenvalue weighted by molar-refractivity contribution is 5.89. The SMILES string of the molecule is C=CCCCCCCCC/C=C/C(=O)n1cccc1. The Balaban J connectivity index is 1.96. The van der Waals surface area contributed by atoms with Crippen LogP contribution in [0.3, 0.4) is 0 Å². The van der Waals surface area contributed by atoms with Crippen molar-refractivity contribution in [3.63, 3.8) is 0 Å². The summed E-state index contributed by atoms with van der Waals surface area (Å²) in [6.07, 6.45) is 19.0. The molecular weight excluding hydrogens is 234 g/mol. The Hall–Kier alpha value is -1.57. The molecular formula is C17H25NO. The van der Waals surface area contributed by atoms with E-state index in [9.17, 15) is 4.79 Å². The molecule has 0 saturated heterocycles. The van der Waals surface area contributed by atoms with Crippen LogP contribution in [0, 0.1) is 0 Å². The number of unbranched alkanes of at least 4 members (excludes halogenated alkanes) is 7. The first-order chi connectivity index (χ1) is 9.34. The highest BCUT2D eigenvalue weighted by Crippen LogP contribution is 2.09. The third-order valence-corrected chi connectivity index (χ3v) is 3.15. The van der Waals surface area contributed by atoms with Crippen LogP contribution < -0.4 is 0 Å². The van der Waals surface area contributed by atoms with Gasteiger partial charge in [0.05, 0.1) is 0 Å². The standard InChI is InChI=1S/C17H25NO/c1-2-3-4-5-6-7-8-9-10-11-14-17(19)18-15-12-13-16-18/h2,11-16H,1,3-10H2/b14-11+. The second kappa shape index (κ2) is 10.4. The van der Waals surface area contributed by atoms with E-state index in [0.717, 1.165) is 12.8 Å². The van der Waals surface area contributed by atoms with Crippen LogP contribution in [0.4, 0.5) is 0 Å². The number of hydrogen-bond acceptors (Lipinski definition) is 1. The quantitative estimate of drug-likeness (QED) is 0.329. The zero-order valence-corrected chi connectivity index (χ0v) is 11.8. The molecule has 19 heavy (non-hydrogen) atoms. The van der Waals surface area contributed by atoms with Gasteiger partial charge in [-0.05, 0) is 43.9 Å². The molecule has 0 atom stereocenters. The van der Waals surface area contributed by atoms with Crippen molar-refractivity contribution in [2.45, 2.75) is 51.4 Å². The van der Waals surface area contributed by atoms with Gasteiger partial charge in [-0.15, -0.1) is 6.58 Å². The Morgan fingerprint density at radius 1 is 0.947 bits per heavy atom. The summed E-state index contributed by atoms with van der Waals surface area (Å²) in [5.74, 6) is 0.0365. The summed E-state index contributed by atoms with van der Waals surface area (Å²) in [6.45, 7) is 3.72. The highest BCUT2D eigenvalue weighted by atomic mass is 16.1. The van der Waals surface area contributed by atoms with Crippen molar-refractivity contribution in [1.29, 1.82) is 0 Å². The molecule has 0 bridgehead atoms. The fraction of sp³-hybridized carbons (Fsp3) is 0.471. The number of carbonyl (C=O) groups excluding carboxylic acids is 1. The number of nitrogens with zero attached hydrogens (tertiary/aromatic N) is 1. The van der Waals surface area contributed by atoms with Gasteiger partial charge in [0.1, 0.15) is 0 Å². The van der Waals surface area contributed by atoms with Gasteiger partial charge in [0, 0.05) is 12.4 Å². The van der Waals surface area contributed by atoms with Crippen LogP contribution in [0.15, 0.2) is 49.3 Å². The van der Waals surface area contributed by atoms with Crippen molar-refractivity contribution >= 4 is 5.91 Å². The van der Waals surface area contributed by atoms with Crippen molar-refractivity contribution < 1.29 is 4.79 Å². The monoisotopic (exact) mass is 259 g/mol. The molecule has 0 fully saturated rings. The van der Waals surface area contributed by atoms with E-state index in [-0.39, 0.29) is 5.91 Å². The van der Waals surface area contributed by atoms with Crippen LogP contribution in [-0.4, -0.2) is 10.5 Å². The maximum atomic E-state index is 11.6. The molecule has 0 aliphatic rings. The number of allylic oxidation sites excluding steroid dienone is 3. The van der Waals surface area contributed by atoms with Gasteiger partial charge in [0.2, 0.25) is 0 Å². The lowest BCUT2D eigenvalue weighted by Crippen LogP contribution is -2.03. The number of hydrogen-bond donors (Lipinski definition) is 0. The summed E-state index contributed by atoms with van der Waals surface area (Å²) < 4.78 is 1.59. The molecule has 0 amide bonds. The summed E-state index contributed by atoms with van der Waals surface area (Å²) in [5.41, 5.74) is 0. The van der Waals surface area contributed by atoms with Gasteiger partial charge in [0.25, 0.3) is 5.91 Å². The Morgan fingerprint density at radius 2 is 1.53 bits per heavy atom. The molecule has 2 nitrogen and oxygen atoms in total. The van der Waals surface area contributed by atoms with E-state index in [1.807, 2.05) is 24.3 Å². The Morgan fingerprint density at radius 3 is 2.16 bits per heavy atom. The molecule has 0 saturated carbocycles. The lowest BCUT2D eigenvalue weighted by molar-refractivity contribution is 0.0969. The average molecular weight is 259 g/mol. The van der Waals surface area contributed by atoms with E-state index < -0.39 is 0 Å². The first-order valence-electron chi connectivity index (χ1n) is 7.29. The number of aromatic nitrogens is 1. The van der Waals surface area contributed by atoms with Gasteiger partial charge in [-0.2, -0.15) is 0 Å². The Kier molecular flexibility index (Phi) is 8.45. The molecule has 0 N–H and O–H groups in total. The van der Waals surface area contributed by atoms with Crippen LogP contribution in [0.2, 0.25) is 0 Å². The van der Waals surface area contributed by atoms with E-state index in [1.54, 1.807) is 23.0 Å². The molecule has 0 unspecified atom stereocenters. The first kappa shape index (κ1) is 15.5. The number of rotatable bonds is 10. The van der Waals surface area contributed by atoms with E-state index in [4.69, 9.17) is 0 Å². The average Bonchev–Trinajstić information content (AvgIpc) is 2.95. The van der Waals surface area contributed by atoms with Crippen molar-refractivity contribution in [3.05, 3.63) is 49.3 Å². The van der Waals surface area contributed by atoms with E-state index in [2.05, 4.69) is 6.58 Å². The summed E-state index contributed by atoms with van der Waals surface area (Å²) in [7, 11) is 0. The minimum Gasteiger partial charge on any atom is -0.291 e. The smallest absolute Gasteiger partial charge is 0.254 e. The van der Waals surface area contributed by atoms with Gasteiger partial charge in [-0.25, -0.2) is 0 Å².